The number of nitrogens with one attached hydrogen (secondary N) is 1. The van der Waals surface area contributed by atoms with Gasteiger partial charge < -0.3 is 5.32 Å². The molecule has 1 N–H and O–H groups in total. The predicted molar refractivity (Wildman–Crippen MR) is 50.5 cm³/mol. The van der Waals surface area contributed by atoms with Crippen molar-refractivity contribution in [2.45, 2.75) is 19.5 Å². The molecule has 0 saturated heterocycles. The van der Waals surface area contributed by atoms with Gasteiger partial charge in [-0.25, -0.2) is 4.39 Å². The van der Waals surface area contributed by atoms with Crippen LogP contribution in [0.4, 0.5) is 17.6 Å². The van der Waals surface area contributed by atoms with Crippen molar-refractivity contribution in [2.75, 3.05) is 7.05 Å². The van der Waals surface area contributed by atoms with Gasteiger partial charge in [0.2, 0.25) is 0 Å². The minimum absolute atomic E-state index is 0.247. The fourth-order valence-electron chi connectivity index (χ4n) is 0.769. The Balaban J connectivity index is 5.05. The van der Waals surface area contributed by atoms with Gasteiger partial charge >= 0.3 is 6.18 Å². The zero-order valence-corrected chi connectivity index (χ0v) is 8.37. The quantitative estimate of drug-likeness (QED) is 0.439. The standard InChI is InChI=1S/C10H11F4N/c1-4-5-8(11)9(15-3)6-7(2)10(12,13)14/h1,6,15H,5H2,2-3H3/b7-6+,9-8-. The molecule has 0 aromatic rings. The van der Waals surface area contributed by atoms with Gasteiger partial charge in [-0.2, -0.15) is 13.2 Å². The molecule has 0 aromatic heterocycles. The summed E-state index contributed by atoms with van der Waals surface area (Å²) in [5, 5.41) is 2.32. The first-order valence-electron chi connectivity index (χ1n) is 4.08. The molecule has 0 aliphatic heterocycles. The van der Waals surface area contributed by atoms with Gasteiger partial charge in [0.05, 0.1) is 12.1 Å². The summed E-state index contributed by atoms with van der Waals surface area (Å²) in [4.78, 5) is 0. The first kappa shape index (κ1) is 13.6. The number of likely N-dealkylation sites (N-methyl/N-ethyl adjacent to an activating group) is 1. The van der Waals surface area contributed by atoms with Crippen LogP contribution in [0.25, 0.3) is 0 Å². The van der Waals surface area contributed by atoms with E-state index in [-0.39, 0.29) is 12.1 Å². The molecule has 0 fully saturated rings. The lowest BCUT2D eigenvalue weighted by molar-refractivity contribution is -0.0913. The van der Waals surface area contributed by atoms with Crippen LogP contribution in [-0.2, 0) is 0 Å². The lowest BCUT2D eigenvalue weighted by Gasteiger charge is -2.08. The second-order valence-electron chi connectivity index (χ2n) is 2.77. The van der Waals surface area contributed by atoms with E-state index in [2.05, 4.69) is 5.32 Å². The average molecular weight is 221 g/mol. The summed E-state index contributed by atoms with van der Waals surface area (Å²) in [6.45, 7) is 0.862. The summed E-state index contributed by atoms with van der Waals surface area (Å²) in [5.41, 5.74) is -1.14. The third-order valence-corrected chi connectivity index (χ3v) is 1.63. The monoisotopic (exact) mass is 221 g/mol. The molecule has 0 aliphatic rings. The third kappa shape index (κ3) is 4.54. The molecule has 0 rings (SSSR count). The van der Waals surface area contributed by atoms with E-state index in [1.807, 2.05) is 5.92 Å². The second-order valence-corrected chi connectivity index (χ2v) is 2.77. The Bertz CT molecular complexity index is 317. The lowest BCUT2D eigenvalue weighted by atomic mass is 10.2. The molecule has 0 aliphatic carbocycles. The van der Waals surface area contributed by atoms with Crippen molar-refractivity contribution in [3.8, 4) is 12.3 Å². The number of hydrogen-bond acceptors (Lipinski definition) is 1. The smallest absolute Gasteiger partial charge is 0.386 e. The highest BCUT2D eigenvalue weighted by Crippen LogP contribution is 2.26. The van der Waals surface area contributed by atoms with Crippen LogP contribution >= 0.6 is 0 Å². The van der Waals surface area contributed by atoms with Crippen molar-refractivity contribution >= 4 is 0 Å². The van der Waals surface area contributed by atoms with Crippen LogP contribution in [-0.4, -0.2) is 13.2 Å². The first-order chi connectivity index (χ1) is 6.82. The molecular formula is C10H11F4N. The maximum atomic E-state index is 13.1. The van der Waals surface area contributed by atoms with E-state index in [4.69, 9.17) is 6.42 Å². The van der Waals surface area contributed by atoms with Gasteiger partial charge in [-0.05, 0) is 13.0 Å². The van der Waals surface area contributed by atoms with E-state index >= 15 is 0 Å². The van der Waals surface area contributed by atoms with Gasteiger partial charge in [0.15, 0.2) is 0 Å². The summed E-state index contributed by atoms with van der Waals surface area (Å²) >= 11 is 0. The number of halogens is 4. The van der Waals surface area contributed by atoms with Gasteiger partial charge in [-0.15, -0.1) is 6.42 Å². The Morgan fingerprint density at radius 3 is 2.33 bits per heavy atom. The third-order valence-electron chi connectivity index (χ3n) is 1.63. The largest absolute Gasteiger partial charge is 0.412 e. The van der Waals surface area contributed by atoms with E-state index in [1.54, 1.807) is 0 Å². The number of hydrogen-bond donors (Lipinski definition) is 1. The molecule has 0 atom stereocenters. The van der Waals surface area contributed by atoms with Crippen LogP contribution in [0.2, 0.25) is 0 Å². The van der Waals surface area contributed by atoms with Crippen LogP contribution in [0.5, 0.6) is 0 Å². The highest BCUT2D eigenvalue weighted by molar-refractivity contribution is 5.27. The highest BCUT2D eigenvalue weighted by Gasteiger charge is 2.30. The Kier molecular flexibility index (Phi) is 4.92. The van der Waals surface area contributed by atoms with Gasteiger partial charge in [0.25, 0.3) is 0 Å². The minimum Gasteiger partial charge on any atom is -0.386 e. The normalized spacial score (nSPS) is 14.3. The maximum Gasteiger partial charge on any atom is 0.412 e. The van der Waals surface area contributed by atoms with Gasteiger partial charge in [0, 0.05) is 12.6 Å². The number of alkyl halides is 3. The van der Waals surface area contributed by atoms with Crippen molar-refractivity contribution < 1.29 is 17.6 Å². The van der Waals surface area contributed by atoms with E-state index in [0.29, 0.717) is 6.08 Å². The van der Waals surface area contributed by atoms with Crippen molar-refractivity contribution in [1.29, 1.82) is 0 Å². The van der Waals surface area contributed by atoms with Crippen molar-refractivity contribution in [3.05, 3.63) is 23.2 Å². The molecule has 0 unspecified atom stereocenters. The summed E-state index contributed by atoms with van der Waals surface area (Å²) < 4.78 is 49.4. The molecule has 1 nitrogen and oxygen atoms in total. The zero-order chi connectivity index (χ0) is 12.1. The van der Waals surface area contributed by atoms with Crippen LogP contribution < -0.4 is 5.32 Å². The molecule has 0 radical (unpaired) electrons. The SMILES string of the molecule is C#CC/C(F)=C(\C=C(/C)C(F)(F)F)NC. The summed E-state index contributed by atoms with van der Waals surface area (Å²) in [7, 11) is 1.32. The summed E-state index contributed by atoms with van der Waals surface area (Å²) in [5.74, 6) is 1.22. The number of rotatable bonds is 3. The van der Waals surface area contributed by atoms with Crippen LogP contribution in [0.1, 0.15) is 13.3 Å². The van der Waals surface area contributed by atoms with E-state index in [9.17, 15) is 17.6 Å². The lowest BCUT2D eigenvalue weighted by Crippen LogP contribution is -2.12. The minimum atomic E-state index is -4.46. The highest BCUT2D eigenvalue weighted by atomic mass is 19.4. The topological polar surface area (TPSA) is 12.0 Å². The predicted octanol–water partition coefficient (Wildman–Crippen LogP) is 2.92. The summed E-state index contributed by atoms with van der Waals surface area (Å²) in [6.07, 6.45) is 0.736. The van der Waals surface area contributed by atoms with E-state index < -0.39 is 17.6 Å². The Labute approximate surface area is 85.9 Å². The van der Waals surface area contributed by atoms with E-state index in [1.165, 1.54) is 7.05 Å². The molecule has 0 amide bonds. The number of terminal acetylenes is 1. The Hall–Kier alpha value is -1.44. The van der Waals surface area contributed by atoms with Gasteiger partial charge in [0.1, 0.15) is 5.83 Å². The van der Waals surface area contributed by atoms with Crippen LogP contribution in [0.15, 0.2) is 23.2 Å². The van der Waals surface area contributed by atoms with Crippen LogP contribution in [0, 0.1) is 12.3 Å². The molecule has 0 spiro atoms. The van der Waals surface area contributed by atoms with Gasteiger partial charge in [-0.1, -0.05) is 5.92 Å². The average Bonchev–Trinajstić information content (AvgIpc) is 2.12. The molecule has 0 bridgehead atoms. The summed E-state index contributed by atoms with van der Waals surface area (Å²) in [6, 6.07) is 0. The zero-order valence-electron chi connectivity index (χ0n) is 8.37. The Morgan fingerprint density at radius 1 is 1.47 bits per heavy atom. The number of allylic oxidation sites excluding steroid dienone is 3. The first-order valence-corrected chi connectivity index (χ1v) is 4.08. The fourth-order valence-corrected chi connectivity index (χ4v) is 0.769. The van der Waals surface area contributed by atoms with Crippen LogP contribution in [0.3, 0.4) is 0 Å². The fraction of sp³-hybridized carbons (Fsp3) is 0.400. The second kappa shape index (κ2) is 5.44. The van der Waals surface area contributed by atoms with Gasteiger partial charge in [-0.3, -0.25) is 0 Å². The molecule has 0 heterocycles. The molecule has 5 heteroatoms. The maximum absolute atomic E-state index is 13.1. The van der Waals surface area contributed by atoms with Crippen molar-refractivity contribution in [2.24, 2.45) is 0 Å². The van der Waals surface area contributed by atoms with Crippen molar-refractivity contribution in [3.63, 3.8) is 0 Å². The molecule has 84 valence electrons. The molecule has 0 aromatic carbocycles. The van der Waals surface area contributed by atoms with Crippen molar-refractivity contribution in [1.82, 2.24) is 5.32 Å². The van der Waals surface area contributed by atoms with E-state index in [0.717, 1.165) is 6.92 Å². The molecular weight excluding hydrogens is 210 g/mol. The molecule has 15 heavy (non-hydrogen) atoms. The Morgan fingerprint density at radius 2 is 2.00 bits per heavy atom. The molecule has 0 saturated carbocycles.